The minimum Gasteiger partial charge on any atom is -0.481 e. The van der Waals surface area contributed by atoms with Crippen molar-refractivity contribution in [1.82, 2.24) is 10.0 Å². The van der Waals surface area contributed by atoms with Gasteiger partial charge in [0, 0.05) is 7.05 Å². The Morgan fingerprint density at radius 3 is 2.28 bits per heavy atom. The highest BCUT2D eigenvalue weighted by atomic mass is 16.4. The van der Waals surface area contributed by atoms with E-state index in [1.165, 1.54) is 10.0 Å². The molecule has 1 aliphatic carbocycles. The number of nitrogens with two attached hydrogens (primary N) is 1. The summed E-state index contributed by atoms with van der Waals surface area (Å²) in [5.74, 6) is -3.26. The van der Waals surface area contributed by atoms with Gasteiger partial charge in [-0.1, -0.05) is 68.7 Å². The molecule has 1 fully saturated rings. The molecule has 7 heteroatoms. The van der Waals surface area contributed by atoms with Crippen LogP contribution >= 0.6 is 0 Å². The molecule has 2 rings (SSSR count). The highest BCUT2D eigenvalue weighted by Gasteiger charge is 2.39. The second kappa shape index (κ2) is 12.4. The molecule has 1 aromatic rings. The Morgan fingerprint density at radius 1 is 1.12 bits per heavy atom. The molecule has 7 nitrogen and oxygen atoms in total. The van der Waals surface area contributed by atoms with Gasteiger partial charge < -0.3 is 10.8 Å². The van der Waals surface area contributed by atoms with Crippen LogP contribution in [-0.4, -0.2) is 52.0 Å². The summed E-state index contributed by atoms with van der Waals surface area (Å²) in [6.45, 7) is 3.54. The zero-order chi connectivity index (χ0) is 23.7. The van der Waals surface area contributed by atoms with Gasteiger partial charge in [-0.2, -0.15) is 0 Å². The van der Waals surface area contributed by atoms with Gasteiger partial charge in [0.1, 0.15) is 0 Å². The zero-order valence-corrected chi connectivity index (χ0v) is 19.4. The fourth-order valence-electron chi connectivity index (χ4n) is 4.44. The van der Waals surface area contributed by atoms with Gasteiger partial charge in [-0.15, -0.1) is 0 Å². The number of rotatable bonds is 10. The van der Waals surface area contributed by atoms with Crippen LogP contribution in [0.5, 0.6) is 0 Å². The minimum absolute atomic E-state index is 0.0778. The molecule has 0 unspecified atom stereocenters. The predicted molar refractivity (Wildman–Crippen MR) is 125 cm³/mol. The average molecular weight is 444 g/mol. The first-order valence-corrected chi connectivity index (χ1v) is 11.6. The number of benzene rings is 1. The number of allylic oxidation sites excluding steroid dienone is 1. The van der Waals surface area contributed by atoms with Crippen LogP contribution in [-0.2, 0) is 14.4 Å². The second-order valence-electron chi connectivity index (χ2n) is 8.66. The van der Waals surface area contributed by atoms with E-state index in [9.17, 15) is 19.5 Å². The molecule has 0 aromatic heterocycles. The summed E-state index contributed by atoms with van der Waals surface area (Å²) in [5.41, 5.74) is 6.85. The SMILES string of the molecule is CCC[C@H](C(=O)N(C)N(C(=O)[C@@H](C)N)C1CCCC1)[C@@H](CC=Cc1ccccc1)C(=O)O. The maximum absolute atomic E-state index is 13.5. The Bertz CT molecular complexity index is 788. The minimum atomic E-state index is -1.01. The van der Waals surface area contributed by atoms with Gasteiger partial charge >= 0.3 is 5.97 Å². The first kappa shape index (κ1) is 25.6. The number of carbonyl (C=O) groups excluding carboxylic acids is 2. The summed E-state index contributed by atoms with van der Waals surface area (Å²) >= 11 is 0. The monoisotopic (exact) mass is 443 g/mol. The normalized spacial score (nSPS) is 17.1. The maximum Gasteiger partial charge on any atom is 0.307 e. The Morgan fingerprint density at radius 2 is 1.75 bits per heavy atom. The van der Waals surface area contributed by atoms with Crippen LogP contribution in [0.4, 0.5) is 0 Å². The third-order valence-corrected chi connectivity index (χ3v) is 6.15. The summed E-state index contributed by atoms with van der Waals surface area (Å²) in [6, 6.07) is 8.81. The van der Waals surface area contributed by atoms with Crippen molar-refractivity contribution in [3.63, 3.8) is 0 Å². The van der Waals surface area contributed by atoms with Crippen molar-refractivity contribution in [2.24, 2.45) is 17.6 Å². The number of amides is 2. The molecule has 3 atom stereocenters. The highest BCUT2D eigenvalue weighted by Crippen LogP contribution is 2.29. The van der Waals surface area contributed by atoms with Crippen LogP contribution in [0.1, 0.15) is 64.4 Å². The number of nitrogens with zero attached hydrogens (tertiary/aromatic N) is 2. The molecule has 0 spiro atoms. The standard InChI is InChI=1S/C25H37N3O4/c1-4-11-21(22(25(31)32)17-10-14-19-12-6-5-7-13-19)24(30)27(3)28(23(29)18(2)26)20-15-8-9-16-20/h5-7,10,12-14,18,20-22H,4,8-9,11,15-17,26H2,1-3H3,(H,31,32)/t18-,21+,22-/m1/s1. The van der Waals surface area contributed by atoms with Gasteiger partial charge in [0.15, 0.2) is 0 Å². The number of aliphatic carboxylic acids is 1. The molecule has 176 valence electrons. The number of carboxylic acids is 1. The molecule has 1 saturated carbocycles. The largest absolute Gasteiger partial charge is 0.481 e. The van der Waals surface area contributed by atoms with E-state index in [4.69, 9.17) is 5.73 Å². The molecule has 0 bridgehead atoms. The van der Waals surface area contributed by atoms with Crippen molar-refractivity contribution in [2.75, 3.05) is 7.05 Å². The van der Waals surface area contributed by atoms with Crippen molar-refractivity contribution < 1.29 is 19.5 Å². The number of hydrazine groups is 1. The van der Waals surface area contributed by atoms with Crippen LogP contribution in [0.15, 0.2) is 36.4 Å². The first-order chi connectivity index (χ1) is 15.3. The number of hydrogen-bond acceptors (Lipinski definition) is 4. The van der Waals surface area contributed by atoms with Crippen molar-refractivity contribution >= 4 is 23.9 Å². The topological polar surface area (TPSA) is 104 Å². The van der Waals surface area contributed by atoms with Crippen LogP contribution in [0, 0.1) is 11.8 Å². The summed E-state index contributed by atoms with van der Waals surface area (Å²) < 4.78 is 0. The molecular weight excluding hydrogens is 406 g/mol. The molecule has 3 N–H and O–H groups in total. The van der Waals surface area contributed by atoms with Crippen LogP contribution < -0.4 is 5.73 Å². The lowest BCUT2D eigenvalue weighted by atomic mass is 9.85. The lowest BCUT2D eigenvalue weighted by Gasteiger charge is -2.39. The lowest BCUT2D eigenvalue weighted by Crippen LogP contribution is -2.58. The van der Waals surface area contributed by atoms with Gasteiger partial charge in [-0.05, 0) is 38.2 Å². The van der Waals surface area contributed by atoms with E-state index in [0.29, 0.717) is 12.8 Å². The van der Waals surface area contributed by atoms with Crippen molar-refractivity contribution in [3.8, 4) is 0 Å². The Labute approximate surface area is 191 Å². The van der Waals surface area contributed by atoms with Crippen molar-refractivity contribution in [1.29, 1.82) is 0 Å². The van der Waals surface area contributed by atoms with E-state index in [1.807, 2.05) is 49.4 Å². The van der Waals surface area contributed by atoms with E-state index >= 15 is 0 Å². The van der Waals surface area contributed by atoms with Gasteiger partial charge in [-0.25, -0.2) is 5.01 Å². The maximum atomic E-state index is 13.5. The third kappa shape index (κ3) is 6.66. The number of hydrogen-bond donors (Lipinski definition) is 2. The Balaban J connectivity index is 2.25. The Hall–Kier alpha value is -2.67. The van der Waals surface area contributed by atoms with Crippen molar-refractivity contribution in [3.05, 3.63) is 42.0 Å². The zero-order valence-electron chi connectivity index (χ0n) is 19.4. The summed E-state index contributed by atoms with van der Waals surface area (Å²) in [5, 5.41) is 12.8. The summed E-state index contributed by atoms with van der Waals surface area (Å²) in [6.07, 6.45) is 8.65. The molecule has 1 aromatic carbocycles. The van der Waals surface area contributed by atoms with Gasteiger partial charge in [0.05, 0.1) is 23.9 Å². The van der Waals surface area contributed by atoms with E-state index in [-0.39, 0.29) is 24.3 Å². The number of carboxylic acid groups (broad SMARTS) is 1. The quantitative estimate of drug-likeness (QED) is 0.537. The van der Waals surface area contributed by atoms with Crippen molar-refractivity contribution in [2.45, 2.75) is 70.9 Å². The van der Waals surface area contributed by atoms with Crippen LogP contribution in [0.25, 0.3) is 6.08 Å². The molecule has 32 heavy (non-hydrogen) atoms. The van der Waals surface area contributed by atoms with E-state index in [2.05, 4.69) is 0 Å². The first-order valence-electron chi connectivity index (χ1n) is 11.6. The van der Waals surface area contributed by atoms with E-state index in [1.54, 1.807) is 14.0 Å². The molecule has 0 aliphatic heterocycles. The molecule has 0 saturated heterocycles. The van der Waals surface area contributed by atoms with Crippen LogP contribution in [0.2, 0.25) is 0 Å². The highest BCUT2D eigenvalue weighted by molar-refractivity contribution is 5.88. The third-order valence-electron chi connectivity index (χ3n) is 6.15. The lowest BCUT2D eigenvalue weighted by molar-refractivity contribution is -0.172. The van der Waals surface area contributed by atoms with Crippen LogP contribution in [0.3, 0.4) is 0 Å². The molecule has 0 heterocycles. The molecule has 2 amide bonds. The second-order valence-corrected chi connectivity index (χ2v) is 8.66. The fraction of sp³-hybridized carbons (Fsp3) is 0.560. The molecule has 0 radical (unpaired) electrons. The van der Waals surface area contributed by atoms with Gasteiger partial charge in [0.25, 0.3) is 5.91 Å². The smallest absolute Gasteiger partial charge is 0.307 e. The summed E-state index contributed by atoms with van der Waals surface area (Å²) in [7, 11) is 1.57. The molecular formula is C25H37N3O4. The van der Waals surface area contributed by atoms with E-state index < -0.39 is 23.8 Å². The van der Waals surface area contributed by atoms with Gasteiger partial charge in [0.2, 0.25) is 5.91 Å². The average Bonchev–Trinajstić information content (AvgIpc) is 3.29. The predicted octanol–water partition coefficient (Wildman–Crippen LogP) is 3.70. The van der Waals surface area contributed by atoms with E-state index in [0.717, 1.165) is 31.2 Å². The molecule has 1 aliphatic rings. The van der Waals surface area contributed by atoms with Gasteiger partial charge in [-0.3, -0.25) is 19.4 Å². The Kier molecular flexibility index (Phi) is 9.91. The number of carbonyl (C=O) groups is 3. The summed E-state index contributed by atoms with van der Waals surface area (Å²) in [4.78, 5) is 38.6. The fourth-order valence-corrected chi connectivity index (χ4v) is 4.44.